The Labute approximate surface area is 381 Å². The van der Waals surface area contributed by atoms with Crippen LogP contribution in [-0.4, -0.2) is 157 Å². The molecule has 1 aromatic carbocycles. The minimum absolute atomic E-state index is 0.00410. The number of benzene rings is 1. The predicted molar refractivity (Wildman–Crippen MR) is 233 cm³/mol. The van der Waals surface area contributed by atoms with Crippen LogP contribution in [0.25, 0.3) is 0 Å². The Balaban J connectivity index is 1.56. The lowest BCUT2D eigenvalue weighted by Gasteiger charge is -2.47. The van der Waals surface area contributed by atoms with E-state index in [4.69, 9.17) is 9.47 Å². The van der Waals surface area contributed by atoms with Gasteiger partial charge in [-0.15, -0.1) is 0 Å². The highest BCUT2D eigenvalue weighted by Gasteiger charge is 2.57. The number of likely N-dealkylation sites (N-methyl/N-ethyl adjacent to an activating group) is 1. The van der Waals surface area contributed by atoms with Crippen LogP contribution in [0.3, 0.4) is 0 Å². The monoisotopic (exact) mass is 915 g/mol. The average molecular weight is 915 g/mol. The molecule has 11 unspecified atom stereocenters. The van der Waals surface area contributed by atoms with Crippen molar-refractivity contribution in [1.82, 2.24) is 41.5 Å². The SMILES string of the molecule is CC(C)CC1CCC(O)(C(C)(O)C(=O)NC2C(=O)N3NCCCC3C(=O)N(O)C(C)C(=O)N(C)C(Cc3ccccc3)C(=O)N3NCCCC3C(=O)NC(C)C(=O)OC2C(C)C)OC1C. The summed E-state index contributed by atoms with van der Waals surface area (Å²) in [5.74, 6) is -9.36. The molecular weight excluding hydrogens is 845 g/mol. The number of nitrogens with one attached hydrogen (secondary N) is 4. The summed E-state index contributed by atoms with van der Waals surface area (Å²) in [6.45, 7) is 13.2. The number of carbonyl (C=O) groups is 7. The Morgan fingerprint density at radius 1 is 0.892 bits per heavy atom. The fourth-order valence-corrected chi connectivity index (χ4v) is 9.14. The van der Waals surface area contributed by atoms with Crippen LogP contribution >= 0.6 is 0 Å². The maximum absolute atomic E-state index is 15.0. The van der Waals surface area contributed by atoms with Gasteiger partial charge in [-0.3, -0.25) is 44.0 Å². The molecule has 0 bridgehead atoms. The second-order valence-electron chi connectivity index (χ2n) is 19.0. The molecule has 1 aromatic rings. The summed E-state index contributed by atoms with van der Waals surface area (Å²) >= 11 is 0. The zero-order chi connectivity index (χ0) is 48.1. The number of aliphatic hydroxyl groups is 2. The number of carbonyl (C=O) groups excluding carboxylic acids is 7. The molecule has 20 heteroatoms. The largest absolute Gasteiger partial charge is 0.458 e. The lowest BCUT2D eigenvalue weighted by atomic mass is 9.79. The second kappa shape index (κ2) is 21.3. The topological polar surface area (TPSA) is 260 Å². The van der Waals surface area contributed by atoms with E-state index in [-0.39, 0.29) is 43.2 Å². The van der Waals surface area contributed by atoms with Gasteiger partial charge in [0.05, 0.1) is 6.10 Å². The van der Waals surface area contributed by atoms with E-state index in [1.54, 1.807) is 51.1 Å². The van der Waals surface area contributed by atoms with E-state index in [0.717, 1.165) is 28.3 Å². The van der Waals surface area contributed by atoms with E-state index in [1.807, 2.05) is 0 Å². The van der Waals surface area contributed by atoms with Crippen molar-refractivity contribution in [2.24, 2.45) is 17.8 Å². The second-order valence-corrected chi connectivity index (χ2v) is 19.0. The molecule has 4 saturated heterocycles. The summed E-state index contributed by atoms with van der Waals surface area (Å²) < 4.78 is 12.0. The molecular formula is C45H70N8O12. The van der Waals surface area contributed by atoms with Crippen molar-refractivity contribution in [2.45, 2.75) is 167 Å². The molecule has 0 aromatic heterocycles. The molecule has 20 nitrogen and oxygen atoms in total. The van der Waals surface area contributed by atoms with Crippen molar-refractivity contribution in [2.75, 3.05) is 20.1 Å². The van der Waals surface area contributed by atoms with Crippen molar-refractivity contribution in [1.29, 1.82) is 0 Å². The quantitative estimate of drug-likeness (QED) is 0.139. The number of hydrazine groups is 2. The smallest absolute Gasteiger partial charge is 0.328 e. The number of ether oxygens (including phenoxy) is 2. The number of hydrogen-bond donors (Lipinski definition) is 7. The number of hydrogen-bond acceptors (Lipinski definition) is 14. The Morgan fingerprint density at radius 2 is 1.49 bits per heavy atom. The van der Waals surface area contributed by atoms with Gasteiger partial charge in [-0.05, 0) is 89.5 Å². The Kier molecular flexibility index (Phi) is 16.8. The van der Waals surface area contributed by atoms with Crippen LogP contribution in [0.5, 0.6) is 0 Å². The van der Waals surface area contributed by atoms with Gasteiger partial charge in [0.25, 0.3) is 23.6 Å². The van der Waals surface area contributed by atoms with Crippen molar-refractivity contribution >= 4 is 41.4 Å². The van der Waals surface area contributed by atoms with Gasteiger partial charge in [-0.1, -0.05) is 58.0 Å². The zero-order valence-corrected chi connectivity index (χ0v) is 39.1. The Bertz CT molecular complexity index is 1900. The normalized spacial score (nSPS) is 32.7. The number of cyclic esters (lactones) is 1. The summed E-state index contributed by atoms with van der Waals surface area (Å²) in [4.78, 5) is 102. The molecule has 0 aliphatic carbocycles. The van der Waals surface area contributed by atoms with Crippen LogP contribution in [0.1, 0.15) is 106 Å². The maximum Gasteiger partial charge on any atom is 0.328 e. The van der Waals surface area contributed by atoms with E-state index in [0.29, 0.717) is 37.3 Å². The number of nitrogens with zero attached hydrogens (tertiary/aromatic N) is 4. The number of fused-ring (bicyclic) bond motifs is 2. The van der Waals surface area contributed by atoms with E-state index < -0.39 is 107 Å². The lowest BCUT2D eigenvalue weighted by molar-refractivity contribution is -0.326. The molecule has 11 atom stereocenters. The van der Waals surface area contributed by atoms with Crippen LogP contribution in [0, 0.1) is 17.8 Å². The first kappa shape index (κ1) is 51.3. The van der Waals surface area contributed by atoms with Crippen molar-refractivity contribution in [3.8, 4) is 0 Å². The number of rotatable bonds is 8. The third-order valence-electron chi connectivity index (χ3n) is 13.3. The maximum atomic E-state index is 15.0. The molecule has 65 heavy (non-hydrogen) atoms. The van der Waals surface area contributed by atoms with Gasteiger partial charge < -0.3 is 35.2 Å². The van der Waals surface area contributed by atoms with Crippen molar-refractivity contribution in [3.05, 3.63) is 35.9 Å². The van der Waals surface area contributed by atoms with Crippen LogP contribution < -0.4 is 21.5 Å². The fraction of sp³-hybridized carbons (Fsp3) is 0.711. The number of hydroxylamine groups is 2. The first-order chi connectivity index (χ1) is 30.5. The third-order valence-corrected chi connectivity index (χ3v) is 13.3. The fourth-order valence-electron chi connectivity index (χ4n) is 9.14. The minimum Gasteiger partial charge on any atom is -0.458 e. The van der Waals surface area contributed by atoms with Crippen molar-refractivity contribution < 1.29 is 58.5 Å². The highest BCUT2D eigenvalue weighted by atomic mass is 16.6. The van der Waals surface area contributed by atoms with E-state index in [2.05, 4.69) is 35.3 Å². The Morgan fingerprint density at radius 3 is 2.08 bits per heavy atom. The average Bonchev–Trinajstić information content (AvgIpc) is 3.28. The number of amides is 6. The highest BCUT2D eigenvalue weighted by Crippen LogP contribution is 2.40. The summed E-state index contributed by atoms with van der Waals surface area (Å²) in [7, 11) is 1.36. The molecule has 7 N–H and O–H groups in total. The number of esters is 1. The predicted octanol–water partition coefficient (Wildman–Crippen LogP) is 0.525. The molecule has 4 heterocycles. The molecule has 0 radical (unpaired) electrons. The molecule has 4 fully saturated rings. The van der Waals surface area contributed by atoms with E-state index >= 15 is 0 Å². The molecule has 0 spiro atoms. The van der Waals surface area contributed by atoms with Crippen LogP contribution in [0.2, 0.25) is 0 Å². The molecule has 5 rings (SSSR count). The van der Waals surface area contributed by atoms with Crippen LogP contribution in [0.4, 0.5) is 0 Å². The minimum atomic E-state index is -2.67. The van der Waals surface area contributed by atoms with Gasteiger partial charge in [-0.25, -0.2) is 20.7 Å². The summed E-state index contributed by atoms with van der Waals surface area (Å²) in [5, 5.41) is 42.6. The van der Waals surface area contributed by atoms with Gasteiger partial charge in [0.2, 0.25) is 17.6 Å². The highest BCUT2D eigenvalue weighted by molar-refractivity contribution is 5.97. The lowest BCUT2D eigenvalue weighted by Crippen LogP contribution is -2.70. The molecule has 4 aliphatic heterocycles. The van der Waals surface area contributed by atoms with Gasteiger partial charge >= 0.3 is 5.97 Å². The molecule has 4 aliphatic rings. The molecule has 0 saturated carbocycles. The zero-order valence-electron chi connectivity index (χ0n) is 39.1. The summed E-state index contributed by atoms with van der Waals surface area (Å²) in [5.41, 5.74) is 3.85. The van der Waals surface area contributed by atoms with Crippen LogP contribution in [0.15, 0.2) is 30.3 Å². The van der Waals surface area contributed by atoms with E-state index in [1.165, 1.54) is 20.9 Å². The Hall–Kier alpha value is -4.73. The first-order valence-electron chi connectivity index (χ1n) is 22.9. The summed E-state index contributed by atoms with van der Waals surface area (Å²) in [6, 6.07) is 0.168. The first-order valence-corrected chi connectivity index (χ1v) is 22.9. The van der Waals surface area contributed by atoms with Crippen LogP contribution in [-0.2, 0) is 49.5 Å². The van der Waals surface area contributed by atoms with Gasteiger partial charge in [0.15, 0.2) is 5.60 Å². The van der Waals surface area contributed by atoms with Gasteiger partial charge in [-0.2, -0.15) is 0 Å². The standard InChI is InChI=1S/C45H70N8O12/c1-25(2)23-31-19-20-45(62,65-29(31)7)44(8,61)43(60)49-35-36(26(3)4)64-42(59)27(5)48-37(54)32-17-13-21-46-51(32)39(56)34(24-30-15-11-10-12-16-30)50(9)38(55)28(6)53(63)40(57)33-18-14-22-47-52(33)41(35)58/h10-12,15-16,25-29,31-36,46-47,61-63H,13-14,17-24H2,1-9H3,(H,48,54)(H,49,60). The molecule has 362 valence electrons. The van der Waals surface area contributed by atoms with Crippen molar-refractivity contribution in [3.63, 3.8) is 0 Å². The van der Waals surface area contributed by atoms with Gasteiger partial charge in [0, 0.05) is 33.0 Å². The summed E-state index contributed by atoms with van der Waals surface area (Å²) in [6.07, 6.45) is -0.0261. The third kappa shape index (κ3) is 11.3. The van der Waals surface area contributed by atoms with E-state index in [9.17, 15) is 49.0 Å². The molecule has 6 amide bonds. The van der Waals surface area contributed by atoms with Gasteiger partial charge in [0.1, 0.15) is 42.4 Å².